The van der Waals surface area contributed by atoms with E-state index in [-0.39, 0.29) is 30.3 Å². The fourth-order valence-corrected chi connectivity index (χ4v) is 2.85. The summed E-state index contributed by atoms with van der Waals surface area (Å²) in [6.07, 6.45) is 1.26. The van der Waals surface area contributed by atoms with E-state index in [1.54, 1.807) is 0 Å². The van der Waals surface area contributed by atoms with Gasteiger partial charge in [0, 0.05) is 20.0 Å². The summed E-state index contributed by atoms with van der Waals surface area (Å²) in [6, 6.07) is 7.65. The third-order valence-corrected chi connectivity index (χ3v) is 4.21. The fraction of sp³-hybridized carbons (Fsp3) is 0.529. The lowest BCUT2D eigenvalue weighted by Gasteiger charge is -2.22. The number of carbonyl (C=O) groups excluding carboxylic acids is 2. The first-order valence-corrected chi connectivity index (χ1v) is 7.81. The summed E-state index contributed by atoms with van der Waals surface area (Å²) in [4.78, 5) is 25.8. The van der Waals surface area contributed by atoms with E-state index in [4.69, 9.17) is 5.73 Å². The van der Waals surface area contributed by atoms with E-state index in [1.807, 2.05) is 36.1 Å². The molecule has 6 heteroatoms. The molecule has 0 aromatic heterocycles. The number of nitrogens with one attached hydrogen (secondary N) is 1. The van der Waals surface area contributed by atoms with E-state index < -0.39 is 0 Å². The quantitative estimate of drug-likeness (QED) is 0.858. The topological polar surface area (TPSA) is 75.4 Å². The minimum Gasteiger partial charge on any atom is -0.349 e. The Morgan fingerprint density at radius 1 is 1.35 bits per heavy atom. The van der Waals surface area contributed by atoms with Crippen LogP contribution in [0.5, 0.6) is 0 Å². The Balaban J connectivity index is 0.00000264. The highest BCUT2D eigenvalue weighted by atomic mass is 35.5. The zero-order valence-corrected chi connectivity index (χ0v) is 14.6. The zero-order valence-electron chi connectivity index (χ0n) is 13.7. The van der Waals surface area contributed by atoms with Gasteiger partial charge in [-0.05, 0) is 31.4 Å². The summed E-state index contributed by atoms with van der Waals surface area (Å²) in [5, 5.41) is 2.88. The van der Waals surface area contributed by atoms with Crippen molar-refractivity contribution in [1.29, 1.82) is 0 Å². The maximum Gasteiger partial charge on any atom is 0.224 e. The van der Waals surface area contributed by atoms with Crippen LogP contribution < -0.4 is 11.1 Å². The van der Waals surface area contributed by atoms with Crippen molar-refractivity contribution in [3.63, 3.8) is 0 Å². The minimum atomic E-state index is -0.275. The van der Waals surface area contributed by atoms with Gasteiger partial charge in [0.15, 0.2) is 0 Å². The largest absolute Gasteiger partial charge is 0.349 e. The second-order valence-corrected chi connectivity index (χ2v) is 6.10. The highest BCUT2D eigenvalue weighted by Gasteiger charge is 2.27. The first kappa shape index (κ1) is 19.5. The van der Waals surface area contributed by atoms with Crippen LogP contribution in [-0.4, -0.2) is 36.3 Å². The van der Waals surface area contributed by atoms with Crippen LogP contribution in [0.2, 0.25) is 0 Å². The lowest BCUT2D eigenvalue weighted by atomic mass is 10.0. The molecule has 0 bridgehead atoms. The third-order valence-electron chi connectivity index (χ3n) is 4.21. The molecule has 2 amide bonds. The van der Waals surface area contributed by atoms with Crippen molar-refractivity contribution < 1.29 is 9.59 Å². The van der Waals surface area contributed by atoms with Crippen molar-refractivity contribution in [3.8, 4) is 0 Å². The second-order valence-electron chi connectivity index (χ2n) is 6.10. The van der Waals surface area contributed by atoms with E-state index in [2.05, 4.69) is 5.32 Å². The molecule has 3 N–H and O–H groups in total. The van der Waals surface area contributed by atoms with Crippen LogP contribution in [0.3, 0.4) is 0 Å². The van der Waals surface area contributed by atoms with Gasteiger partial charge in [0.05, 0.1) is 12.5 Å². The highest BCUT2D eigenvalue weighted by Crippen LogP contribution is 2.22. The molecule has 128 valence electrons. The van der Waals surface area contributed by atoms with Crippen molar-refractivity contribution in [3.05, 3.63) is 35.4 Å². The number of hydrogen-bond donors (Lipinski definition) is 2. The second kappa shape index (κ2) is 8.89. The number of likely N-dealkylation sites (tertiary alicyclic amines) is 1. The van der Waals surface area contributed by atoms with Crippen LogP contribution in [0.25, 0.3) is 0 Å². The van der Waals surface area contributed by atoms with Gasteiger partial charge in [-0.3, -0.25) is 9.59 Å². The predicted molar refractivity (Wildman–Crippen MR) is 93.3 cm³/mol. The van der Waals surface area contributed by atoms with Gasteiger partial charge in [-0.1, -0.05) is 29.8 Å². The lowest BCUT2D eigenvalue weighted by molar-refractivity contribution is -0.131. The Labute approximate surface area is 144 Å². The van der Waals surface area contributed by atoms with E-state index in [9.17, 15) is 9.59 Å². The average Bonchev–Trinajstić information content (AvgIpc) is 2.96. The standard InChI is InChI=1S/C17H25N3O2.ClH/c1-12-3-5-15(6-4-12)16(19-13(2)21)9-17(22)20-8-7-14(10-18)11-20;/h3-6,14,16H,7-11,18H2,1-2H3,(H,19,21);1H. The number of rotatable bonds is 5. The number of carbonyl (C=O) groups is 2. The van der Waals surface area contributed by atoms with Gasteiger partial charge in [-0.15, -0.1) is 12.4 Å². The SMILES string of the molecule is CC(=O)NC(CC(=O)N1CCC(CN)C1)c1ccc(C)cc1.Cl. The van der Waals surface area contributed by atoms with Crippen molar-refractivity contribution in [2.24, 2.45) is 11.7 Å². The fourth-order valence-electron chi connectivity index (χ4n) is 2.85. The number of amides is 2. The van der Waals surface area contributed by atoms with Crippen molar-refractivity contribution in [1.82, 2.24) is 10.2 Å². The number of aryl methyl sites for hydroxylation is 1. The van der Waals surface area contributed by atoms with E-state index in [0.29, 0.717) is 18.9 Å². The van der Waals surface area contributed by atoms with Crippen molar-refractivity contribution in [2.45, 2.75) is 32.7 Å². The lowest BCUT2D eigenvalue weighted by Crippen LogP contribution is -2.35. The first-order chi connectivity index (χ1) is 10.5. The molecule has 0 spiro atoms. The van der Waals surface area contributed by atoms with Gasteiger partial charge >= 0.3 is 0 Å². The maximum atomic E-state index is 12.5. The van der Waals surface area contributed by atoms with Gasteiger partial charge in [-0.2, -0.15) is 0 Å². The Morgan fingerprint density at radius 3 is 2.52 bits per heavy atom. The minimum absolute atomic E-state index is 0. The first-order valence-electron chi connectivity index (χ1n) is 7.81. The Kier molecular flexibility index (Phi) is 7.52. The van der Waals surface area contributed by atoms with Crippen molar-refractivity contribution in [2.75, 3.05) is 19.6 Å². The van der Waals surface area contributed by atoms with Crippen molar-refractivity contribution >= 4 is 24.2 Å². The summed E-state index contributed by atoms with van der Waals surface area (Å²) in [5.41, 5.74) is 7.79. The van der Waals surface area contributed by atoms with Gasteiger partial charge in [0.25, 0.3) is 0 Å². The molecule has 2 atom stereocenters. The maximum absolute atomic E-state index is 12.5. The smallest absolute Gasteiger partial charge is 0.224 e. The van der Waals surface area contributed by atoms with Gasteiger partial charge in [-0.25, -0.2) is 0 Å². The predicted octanol–water partition coefficient (Wildman–Crippen LogP) is 1.79. The molecule has 0 aliphatic carbocycles. The van der Waals surface area contributed by atoms with Crippen LogP contribution in [0, 0.1) is 12.8 Å². The molecule has 23 heavy (non-hydrogen) atoms. The van der Waals surface area contributed by atoms with Crippen LogP contribution in [0.1, 0.15) is 36.9 Å². The molecule has 5 nitrogen and oxygen atoms in total. The summed E-state index contributed by atoms with van der Waals surface area (Å²) < 4.78 is 0. The molecule has 1 saturated heterocycles. The highest BCUT2D eigenvalue weighted by molar-refractivity contribution is 5.85. The molecule has 1 aromatic rings. The van der Waals surface area contributed by atoms with E-state index >= 15 is 0 Å². The molecular weight excluding hydrogens is 314 g/mol. The number of nitrogens with zero attached hydrogens (tertiary/aromatic N) is 1. The monoisotopic (exact) mass is 339 g/mol. The van der Waals surface area contributed by atoms with Crippen LogP contribution >= 0.6 is 12.4 Å². The Morgan fingerprint density at radius 2 is 2.00 bits per heavy atom. The van der Waals surface area contributed by atoms with Gasteiger partial charge < -0.3 is 16.0 Å². The zero-order chi connectivity index (χ0) is 16.1. The molecule has 1 aliphatic heterocycles. The van der Waals surface area contributed by atoms with E-state index in [0.717, 1.165) is 30.6 Å². The molecule has 1 fully saturated rings. The van der Waals surface area contributed by atoms with Crippen LogP contribution in [0.4, 0.5) is 0 Å². The molecule has 1 aromatic carbocycles. The molecule has 0 radical (unpaired) electrons. The van der Waals surface area contributed by atoms with Gasteiger partial charge in [0.1, 0.15) is 0 Å². The molecule has 2 unspecified atom stereocenters. The summed E-state index contributed by atoms with van der Waals surface area (Å²) >= 11 is 0. The summed E-state index contributed by atoms with van der Waals surface area (Å²) in [7, 11) is 0. The third kappa shape index (κ3) is 5.52. The van der Waals surface area contributed by atoms with Gasteiger partial charge in [0.2, 0.25) is 11.8 Å². The normalized spacial score (nSPS) is 18.2. The number of hydrogen-bond acceptors (Lipinski definition) is 3. The number of halogens is 1. The molecule has 1 heterocycles. The molecular formula is C17H26ClN3O2. The number of nitrogens with two attached hydrogens (primary N) is 1. The van der Waals surface area contributed by atoms with Crippen LogP contribution in [-0.2, 0) is 9.59 Å². The van der Waals surface area contributed by atoms with Crippen LogP contribution in [0.15, 0.2) is 24.3 Å². The Hall–Kier alpha value is -1.59. The number of benzene rings is 1. The molecule has 0 saturated carbocycles. The van der Waals surface area contributed by atoms with E-state index in [1.165, 1.54) is 6.92 Å². The molecule has 1 aliphatic rings. The average molecular weight is 340 g/mol. The Bertz CT molecular complexity index is 533. The summed E-state index contributed by atoms with van der Waals surface area (Å²) in [6.45, 7) is 5.61. The summed E-state index contributed by atoms with van der Waals surface area (Å²) in [5.74, 6) is 0.359. The molecule has 2 rings (SSSR count).